The quantitative estimate of drug-likeness (QED) is 0.921. The van der Waals surface area contributed by atoms with Crippen molar-refractivity contribution < 1.29 is 5.11 Å². The predicted molar refractivity (Wildman–Crippen MR) is 87.6 cm³/mol. The van der Waals surface area contributed by atoms with Gasteiger partial charge in [0.2, 0.25) is 0 Å². The number of hydrogen-bond donors (Lipinski definition) is 1. The van der Waals surface area contributed by atoms with Crippen molar-refractivity contribution in [2.75, 3.05) is 19.6 Å². The SMILES string of the molecule is Cc1ccc(C(O)CN2CCC(Cc3cnn(C)c3)C2)cc1. The van der Waals surface area contributed by atoms with Crippen molar-refractivity contribution in [3.63, 3.8) is 0 Å². The maximum atomic E-state index is 10.4. The van der Waals surface area contributed by atoms with E-state index in [1.165, 1.54) is 17.5 Å². The van der Waals surface area contributed by atoms with Crippen LogP contribution < -0.4 is 0 Å². The summed E-state index contributed by atoms with van der Waals surface area (Å²) >= 11 is 0. The number of β-amino-alcohol motifs (C(OH)–C–C–N with tert-alkyl or cyclic N) is 1. The standard InChI is InChI=1S/C18H25N3O/c1-14-3-5-17(6-4-14)18(22)13-21-8-7-15(12-21)9-16-10-19-20(2)11-16/h3-6,10-11,15,18,22H,7-9,12-13H2,1-2H3. The normalized spacial score (nSPS) is 20.4. The lowest BCUT2D eigenvalue weighted by Gasteiger charge is -2.20. The van der Waals surface area contributed by atoms with Gasteiger partial charge in [-0.05, 0) is 43.4 Å². The highest BCUT2D eigenvalue weighted by atomic mass is 16.3. The van der Waals surface area contributed by atoms with E-state index in [0.29, 0.717) is 5.92 Å². The zero-order valence-electron chi connectivity index (χ0n) is 13.4. The number of aryl methyl sites for hydroxylation is 2. The van der Waals surface area contributed by atoms with E-state index in [-0.39, 0.29) is 0 Å². The van der Waals surface area contributed by atoms with Crippen molar-refractivity contribution in [1.82, 2.24) is 14.7 Å². The molecule has 4 heteroatoms. The molecular formula is C18H25N3O. The van der Waals surface area contributed by atoms with E-state index in [4.69, 9.17) is 0 Å². The first kappa shape index (κ1) is 15.3. The summed E-state index contributed by atoms with van der Waals surface area (Å²) in [6.45, 7) is 4.94. The summed E-state index contributed by atoms with van der Waals surface area (Å²) in [5, 5.41) is 14.6. The second kappa shape index (κ2) is 6.63. The Hall–Kier alpha value is -1.65. The van der Waals surface area contributed by atoms with Gasteiger partial charge < -0.3 is 10.0 Å². The molecule has 2 atom stereocenters. The maximum Gasteiger partial charge on any atom is 0.0916 e. The van der Waals surface area contributed by atoms with Crippen LogP contribution in [0.3, 0.4) is 0 Å². The summed E-state index contributed by atoms with van der Waals surface area (Å²) in [5.41, 5.74) is 3.56. The molecule has 3 rings (SSSR count). The van der Waals surface area contributed by atoms with Crippen LogP contribution >= 0.6 is 0 Å². The molecular weight excluding hydrogens is 274 g/mol. The number of hydrogen-bond acceptors (Lipinski definition) is 3. The van der Waals surface area contributed by atoms with Crippen LogP contribution in [0.25, 0.3) is 0 Å². The molecule has 0 saturated carbocycles. The summed E-state index contributed by atoms with van der Waals surface area (Å²) in [6.07, 6.45) is 5.96. The van der Waals surface area contributed by atoms with E-state index >= 15 is 0 Å². The van der Waals surface area contributed by atoms with Crippen molar-refractivity contribution in [1.29, 1.82) is 0 Å². The molecule has 118 valence electrons. The number of aliphatic hydroxyl groups is 1. The monoisotopic (exact) mass is 299 g/mol. The third kappa shape index (κ3) is 3.76. The van der Waals surface area contributed by atoms with E-state index in [9.17, 15) is 5.11 Å². The summed E-state index contributed by atoms with van der Waals surface area (Å²) in [4.78, 5) is 2.38. The van der Waals surface area contributed by atoms with Crippen LogP contribution in [0.5, 0.6) is 0 Å². The van der Waals surface area contributed by atoms with Crippen LogP contribution in [0.15, 0.2) is 36.7 Å². The molecule has 0 radical (unpaired) electrons. The van der Waals surface area contributed by atoms with E-state index < -0.39 is 6.10 Å². The number of aliphatic hydroxyl groups excluding tert-OH is 1. The molecule has 2 aromatic rings. The third-order valence-electron chi connectivity index (χ3n) is 4.55. The van der Waals surface area contributed by atoms with Gasteiger partial charge in [0.25, 0.3) is 0 Å². The zero-order chi connectivity index (χ0) is 15.5. The Morgan fingerprint density at radius 2 is 2.09 bits per heavy atom. The van der Waals surface area contributed by atoms with Crippen LogP contribution in [-0.4, -0.2) is 39.4 Å². The van der Waals surface area contributed by atoms with Crippen molar-refractivity contribution in [3.05, 3.63) is 53.3 Å². The van der Waals surface area contributed by atoms with E-state index in [1.54, 1.807) is 0 Å². The summed E-state index contributed by atoms with van der Waals surface area (Å²) < 4.78 is 1.86. The molecule has 1 aliphatic heterocycles. The average Bonchev–Trinajstić information content (AvgIpc) is 3.09. The van der Waals surface area contributed by atoms with Crippen LogP contribution in [0, 0.1) is 12.8 Å². The molecule has 0 amide bonds. The molecule has 4 nitrogen and oxygen atoms in total. The van der Waals surface area contributed by atoms with E-state index in [1.807, 2.05) is 30.1 Å². The Morgan fingerprint density at radius 1 is 1.32 bits per heavy atom. The van der Waals surface area contributed by atoms with Gasteiger partial charge in [-0.1, -0.05) is 29.8 Å². The summed E-state index contributed by atoms with van der Waals surface area (Å²) in [6, 6.07) is 8.19. The Labute approximate surface area is 132 Å². The van der Waals surface area contributed by atoms with Crippen LogP contribution in [0.1, 0.15) is 29.2 Å². The number of nitrogens with zero attached hydrogens (tertiary/aromatic N) is 3. The molecule has 1 aromatic carbocycles. The molecule has 1 fully saturated rings. The lowest BCUT2D eigenvalue weighted by molar-refractivity contribution is 0.124. The van der Waals surface area contributed by atoms with Gasteiger partial charge in [-0.25, -0.2) is 0 Å². The van der Waals surface area contributed by atoms with Gasteiger partial charge in [-0.2, -0.15) is 5.10 Å². The lowest BCUT2D eigenvalue weighted by Crippen LogP contribution is -2.26. The Balaban J connectivity index is 1.51. The molecule has 2 heterocycles. The molecule has 0 aliphatic carbocycles. The highest BCUT2D eigenvalue weighted by Gasteiger charge is 2.25. The van der Waals surface area contributed by atoms with Gasteiger partial charge in [-0.3, -0.25) is 4.68 Å². The minimum atomic E-state index is -0.391. The molecule has 1 aliphatic rings. The van der Waals surface area contributed by atoms with Gasteiger partial charge >= 0.3 is 0 Å². The summed E-state index contributed by atoms with van der Waals surface area (Å²) in [7, 11) is 1.96. The smallest absolute Gasteiger partial charge is 0.0916 e. The largest absolute Gasteiger partial charge is 0.387 e. The zero-order valence-corrected chi connectivity index (χ0v) is 13.4. The minimum Gasteiger partial charge on any atom is -0.387 e. The molecule has 0 spiro atoms. The van der Waals surface area contributed by atoms with Gasteiger partial charge in [0.1, 0.15) is 0 Å². The fourth-order valence-corrected chi connectivity index (χ4v) is 3.29. The molecule has 1 N–H and O–H groups in total. The maximum absolute atomic E-state index is 10.4. The molecule has 1 aromatic heterocycles. The van der Waals surface area contributed by atoms with E-state index in [2.05, 4.69) is 35.3 Å². The van der Waals surface area contributed by atoms with E-state index in [0.717, 1.165) is 31.6 Å². The summed E-state index contributed by atoms with van der Waals surface area (Å²) in [5.74, 6) is 0.675. The minimum absolute atomic E-state index is 0.391. The molecule has 2 unspecified atom stereocenters. The highest BCUT2D eigenvalue weighted by molar-refractivity contribution is 5.23. The fourth-order valence-electron chi connectivity index (χ4n) is 3.29. The number of likely N-dealkylation sites (tertiary alicyclic amines) is 1. The fraction of sp³-hybridized carbons (Fsp3) is 0.500. The third-order valence-corrected chi connectivity index (χ3v) is 4.55. The lowest BCUT2D eigenvalue weighted by atomic mass is 10.0. The second-order valence-corrected chi connectivity index (χ2v) is 6.57. The average molecular weight is 299 g/mol. The number of aromatic nitrogens is 2. The van der Waals surface area contributed by atoms with Crippen LogP contribution in [-0.2, 0) is 13.5 Å². The van der Waals surface area contributed by atoms with Crippen molar-refractivity contribution in [3.8, 4) is 0 Å². The first-order valence-electron chi connectivity index (χ1n) is 8.04. The first-order valence-corrected chi connectivity index (χ1v) is 8.04. The highest BCUT2D eigenvalue weighted by Crippen LogP contribution is 2.23. The molecule has 22 heavy (non-hydrogen) atoms. The van der Waals surface area contributed by atoms with Gasteiger partial charge in [0.05, 0.1) is 12.3 Å². The van der Waals surface area contributed by atoms with Gasteiger partial charge in [-0.15, -0.1) is 0 Å². The Morgan fingerprint density at radius 3 is 2.77 bits per heavy atom. The van der Waals surface area contributed by atoms with Crippen LogP contribution in [0.2, 0.25) is 0 Å². The van der Waals surface area contributed by atoms with Gasteiger partial charge in [0, 0.05) is 26.3 Å². The number of benzene rings is 1. The molecule has 1 saturated heterocycles. The molecule has 0 bridgehead atoms. The van der Waals surface area contributed by atoms with Crippen molar-refractivity contribution in [2.24, 2.45) is 13.0 Å². The Bertz CT molecular complexity index is 605. The van der Waals surface area contributed by atoms with Crippen LogP contribution in [0.4, 0.5) is 0 Å². The van der Waals surface area contributed by atoms with Crippen molar-refractivity contribution >= 4 is 0 Å². The van der Waals surface area contributed by atoms with Crippen molar-refractivity contribution in [2.45, 2.75) is 25.9 Å². The van der Waals surface area contributed by atoms with Gasteiger partial charge in [0.15, 0.2) is 0 Å². The topological polar surface area (TPSA) is 41.3 Å². The Kier molecular flexibility index (Phi) is 4.60. The first-order chi connectivity index (χ1) is 10.6. The second-order valence-electron chi connectivity index (χ2n) is 6.57. The number of rotatable bonds is 5. The predicted octanol–water partition coefficient (Wildman–Crippen LogP) is 2.33.